The molecule has 0 aromatic carbocycles. The quantitative estimate of drug-likeness (QED) is 0.515. The van der Waals surface area contributed by atoms with Crippen LogP contribution in [0.15, 0.2) is 0 Å². The van der Waals surface area contributed by atoms with Crippen molar-refractivity contribution in [1.82, 2.24) is 10.6 Å². The van der Waals surface area contributed by atoms with Crippen molar-refractivity contribution >= 4 is 0 Å². The van der Waals surface area contributed by atoms with Crippen molar-refractivity contribution in [2.75, 3.05) is 33.4 Å². The maximum atomic E-state index is 9.35. The number of aliphatic hydroxyl groups excluding tert-OH is 1. The molecule has 0 aliphatic rings. The van der Waals surface area contributed by atoms with Crippen molar-refractivity contribution in [3.63, 3.8) is 0 Å². The lowest BCUT2D eigenvalue weighted by Gasteiger charge is -2.20. The van der Waals surface area contributed by atoms with Crippen LogP contribution in [0.2, 0.25) is 0 Å². The van der Waals surface area contributed by atoms with E-state index in [4.69, 9.17) is 4.74 Å². The number of aliphatic hydroxyl groups is 1. The van der Waals surface area contributed by atoms with Gasteiger partial charge in [0.05, 0.1) is 12.7 Å². The number of hydrogen-bond acceptors (Lipinski definition) is 4. The van der Waals surface area contributed by atoms with Crippen LogP contribution in [0, 0.1) is 0 Å². The molecule has 15 heavy (non-hydrogen) atoms. The Balaban J connectivity index is 3.18. The summed E-state index contributed by atoms with van der Waals surface area (Å²) < 4.78 is 4.84. The Morgan fingerprint density at radius 2 is 1.87 bits per heavy atom. The number of ether oxygens (including phenoxy) is 1. The van der Waals surface area contributed by atoms with Gasteiger partial charge in [0.2, 0.25) is 0 Å². The SMILES string of the molecule is COCC(O)CCNCCNC(C)(C)C. The minimum Gasteiger partial charge on any atom is -0.391 e. The van der Waals surface area contributed by atoms with Gasteiger partial charge in [-0.2, -0.15) is 0 Å². The first kappa shape index (κ1) is 14.8. The molecular formula is C11H26N2O2. The van der Waals surface area contributed by atoms with Crippen molar-refractivity contribution in [2.24, 2.45) is 0 Å². The van der Waals surface area contributed by atoms with E-state index in [2.05, 4.69) is 31.4 Å². The normalized spacial score (nSPS) is 14.2. The molecule has 0 fully saturated rings. The monoisotopic (exact) mass is 218 g/mol. The summed E-state index contributed by atoms with van der Waals surface area (Å²) in [5.41, 5.74) is 0.178. The summed E-state index contributed by atoms with van der Waals surface area (Å²) in [5, 5.41) is 16.0. The molecule has 0 saturated heterocycles. The van der Waals surface area contributed by atoms with Gasteiger partial charge in [0, 0.05) is 25.7 Å². The fourth-order valence-corrected chi connectivity index (χ4v) is 1.20. The van der Waals surface area contributed by atoms with Gasteiger partial charge in [-0.3, -0.25) is 0 Å². The van der Waals surface area contributed by atoms with E-state index in [-0.39, 0.29) is 11.6 Å². The Kier molecular flexibility index (Phi) is 7.96. The molecule has 0 aromatic heterocycles. The zero-order valence-electron chi connectivity index (χ0n) is 10.5. The smallest absolute Gasteiger partial charge is 0.0785 e. The Hall–Kier alpha value is -0.160. The largest absolute Gasteiger partial charge is 0.391 e. The second kappa shape index (κ2) is 8.05. The fraction of sp³-hybridized carbons (Fsp3) is 1.00. The highest BCUT2D eigenvalue weighted by Gasteiger charge is 2.07. The van der Waals surface area contributed by atoms with Gasteiger partial charge in [-0.15, -0.1) is 0 Å². The third-order valence-electron chi connectivity index (χ3n) is 1.97. The van der Waals surface area contributed by atoms with Crippen LogP contribution in [0.1, 0.15) is 27.2 Å². The molecule has 0 aliphatic heterocycles. The average Bonchev–Trinajstić information content (AvgIpc) is 2.09. The molecule has 0 aromatic rings. The van der Waals surface area contributed by atoms with E-state index in [0.717, 1.165) is 26.1 Å². The molecule has 0 heterocycles. The van der Waals surface area contributed by atoms with E-state index < -0.39 is 0 Å². The lowest BCUT2D eigenvalue weighted by molar-refractivity contribution is 0.0595. The fourth-order valence-electron chi connectivity index (χ4n) is 1.20. The summed E-state index contributed by atoms with van der Waals surface area (Å²) in [6, 6.07) is 0. The number of rotatable bonds is 8. The molecule has 0 bridgehead atoms. The molecule has 4 heteroatoms. The highest BCUT2D eigenvalue weighted by atomic mass is 16.5. The lowest BCUT2D eigenvalue weighted by Crippen LogP contribution is -2.40. The number of nitrogens with one attached hydrogen (secondary N) is 2. The van der Waals surface area contributed by atoms with Crippen LogP contribution in [0.25, 0.3) is 0 Å². The van der Waals surface area contributed by atoms with Gasteiger partial charge < -0.3 is 20.5 Å². The molecule has 0 spiro atoms. The highest BCUT2D eigenvalue weighted by molar-refractivity contribution is 4.70. The predicted octanol–water partition coefficient (Wildman–Crippen LogP) is 0.362. The second-order valence-corrected chi connectivity index (χ2v) is 4.82. The molecule has 1 atom stereocenters. The zero-order chi connectivity index (χ0) is 11.7. The van der Waals surface area contributed by atoms with Crippen LogP contribution in [0.3, 0.4) is 0 Å². The van der Waals surface area contributed by atoms with Crippen LogP contribution >= 0.6 is 0 Å². The molecule has 1 unspecified atom stereocenters. The Morgan fingerprint density at radius 3 is 2.40 bits per heavy atom. The van der Waals surface area contributed by atoms with Gasteiger partial charge in [0.1, 0.15) is 0 Å². The van der Waals surface area contributed by atoms with E-state index in [1.54, 1.807) is 7.11 Å². The van der Waals surface area contributed by atoms with Gasteiger partial charge in [-0.05, 0) is 33.7 Å². The highest BCUT2D eigenvalue weighted by Crippen LogP contribution is 1.96. The van der Waals surface area contributed by atoms with Gasteiger partial charge >= 0.3 is 0 Å². The minimum atomic E-state index is -0.349. The lowest BCUT2D eigenvalue weighted by atomic mass is 10.1. The molecule has 0 aliphatic carbocycles. The van der Waals surface area contributed by atoms with E-state index >= 15 is 0 Å². The third-order valence-corrected chi connectivity index (χ3v) is 1.97. The van der Waals surface area contributed by atoms with Crippen molar-refractivity contribution < 1.29 is 9.84 Å². The van der Waals surface area contributed by atoms with Crippen LogP contribution in [0.5, 0.6) is 0 Å². The minimum absolute atomic E-state index is 0.178. The summed E-state index contributed by atoms with van der Waals surface area (Å²) in [4.78, 5) is 0. The molecular weight excluding hydrogens is 192 g/mol. The summed E-state index contributed by atoms with van der Waals surface area (Å²) in [6.07, 6.45) is 0.390. The third kappa shape index (κ3) is 11.8. The van der Waals surface area contributed by atoms with Crippen molar-refractivity contribution in [1.29, 1.82) is 0 Å². The van der Waals surface area contributed by atoms with Crippen LogP contribution in [0.4, 0.5) is 0 Å². The molecule has 0 radical (unpaired) electrons. The van der Waals surface area contributed by atoms with Gasteiger partial charge in [0.15, 0.2) is 0 Å². The molecule has 0 rings (SSSR count). The van der Waals surface area contributed by atoms with E-state index in [1.165, 1.54) is 0 Å². The second-order valence-electron chi connectivity index (χ2n) is 4.82. The summed E-state index contributed by atoms with van der Waals surface area (Å²) in [6.45, 7) is 9.57. The zero-order valence-corrected chi connectivity index (χ0v) is 10.5. The standard InChI is InChI=1S/C11H26N2O2/c1-11(2,3)13-8-7-12-6-5-10(14)9-15-4/h10,12-14H,5-9H2,1-4H3. The molecule has 3 N–H and O–H groups in total. The first-order valence-electron chi connectivity index (χ1n) is 5.58. The van der Waals surface area contributed by atoms with Crippen molar-refractivity contribution in [3.8, 4) is 0 Å². The Labute approximate surface area is 93.4 Å². The van der Waals surface area contributed by atoms with E-state index in [9.17, 15) is 5.11 Å². The first-order valence-corrected chi connectivity index (χ1v) is 5.58. The van der Waals surface area contributed by atoms with Gasteiger partial charge in [-0.1, -0.05) is 0 Å². The van der Waals surface area contributed by atoms with Gasteiger partial charge in [-0.25, -0.2) is 0 Å². The van der Waals surface area contributed by atoms with Crippen LogP contribution in [-0.4, -0.2) is 50.1 Å². The maximum Gasteiger partial charge on any atom is 0.0785 e. The van der Waals surface area contributed by atoms with E-state index in [0.29, 0.717) is 6.61 Å². The van der Waals surface area contributed by atoms with Crippen LogP contribution in [-0.2, 0) is 4.74 Å². The van der Waals surface area contributed by atoms with Gasteiger partial charge in [0.25, 0.3) is 0 Å². The summed E-state index contributed by atoms with van der Waals surface area (Å²) >= 11 is 0. The number of hydrogen-bond donors (Lipinski definition) is 3. The Bertz CT molecular complexity index is 146. The summed E-state index contributed by atoms with van der Waals surface area (Å²) in [5.74, 6) is 0. The molecule has 4 nitrogen and oxygen atoms in total. The van der Waals surface area contributed by atoms with Crippen molar-refractivity contribution in [2.45, 2.75) is 38.8 Å². The van der Waals surface area contributed by atoms with Crippen molar-refractivity contribution in [3.05, 3.63) is 0 Å². The molecule has 0 amide bonds. The predicted molar refractivity (Wildman–Crippen MR) is 63.1 cm³/mol. The van der Waals surface area contributed by atoms with E-state index in [1.807, 2.05) is 0 Å². The number of methoxy groups -OCH3 is 1. The van der Waals surface area contributed by atoms with Crippen LogP contribution < -0.4 is 10.6 Å². The summed E-state index contributed by atoms with van der Waals surface area (Å²) in [7, 11) is 1.60. The maximum absolute atomic E-state index is 9.35. The first-order chi connectivity index (χ1) is 6.95. The Morgan fingerprint density at radius 1 is 1.20 bits per heavy atom. The molecule has 0 saturated carbocycles. The molecule has 92 valence electrons. The topological polar surface area (TPSA) is 53.5 Å². The average molecular weight is 218 g/mol.